The molecule has 2 heteroatoms. The van der Waals surface area contributed by atoms with Gasteiger partial charge in [0, 0.05) is 6.92 Å². The topological polar surface area (TPSA) is 26.3 Å². The lowest BCUT2D eigenvalue weighted by molar-refractivity contribution is -0.140. The number of hydrogen-bond donors (Lipinski definition) is 0. The average Bonchev–Trinajstić information content (AvgIpc) is 2.49. The Bertz CT molecular complexity index is 488. The summed E-state index contributed by atoms with van der Waals surface area (Å²) in [4.78, 5) is 9.82. The second-order valence-corrected chi connectivity index (χ2v) is 4.14. The van der Waals surface area contributed by atoms with Gasteiger partial charge in [0.25, 0.3) is 0 Å². The van der Waals surface area contributed by atoms with Crippen LogP contribution in [0.4, 0.5) is 0 Å². The molecule has 0 aliphatic carbocycles. The van der Waals surface area contributed by atoms with E-state index in [0.29, 0.717) is 6.61 Å². The van der Waals surface area contributed by atoms with Gasteiger partial charge in [0.15, 0.2) is 0 Å². The summed E-state index contributed by atoms with van der Waals surface area (Å²) in [6.07, 6.45) is 0. The predicted molar refractivity (Wildman–Crippen MR) is 83.3 cm³/mol. The highest BCUT2D eigenvalue weighted by Crippen LogP contribution is 2.20. The third-order valence-electron chi connectivity index (χ3n) is 2.59. The SMILES string of the molecule is C=C(c1ccccc1)c1ccccc1.CCOC(C)=O. The van der Waals surface area contributed by atoms with Crippen LogP contribution in [0.25, 0.3) is 5.57 Å². The third kappa shape index (κ3) is 5.53. The molecule has 0 saturated carbocycles. The van der Waals surface area contributed by atoms with Crippen molar-refractivity contribution >= 4 is 11.5 Å². The number of hydrogen-bond acceptors (Lipinski definition) is 2. The first-order valence-electron chi connectivity index (χ1n) is 6.58. The minimum Gasteiger partial charge on any atom is -0.466 e. The van der Waals surface area contributed by atoms with Gasteiger partial charge in [-0.3, -0.25) is 4.79 Å². The van der Waals surface area contributed by atoms with Gasteiger partial charge in [-0.05, 0) is 23.6 Å². The van der Waals surface area contributed by atoms with Crippen molar-refractivity contribution in [3.63, 3.8) is 0 Å². The van der Waals surface area contributed by atoms with E-state index in [2.05, 4.69) is 35.6 Å². The summed E-state index contributed by atoms with van der Waals surface area (Å²) in [6.45, 7) is 7.75. The van der Waals surface area contributed by atoms with E-state index >= 15 is 0 Å². The summed E-state index contributed by atoms with van der Waals surface area (Å²) in [5.41, 5.74) is 3.43. The van der Waals surface area contributed by atoms with Gasteiger partial charge in [-0.15, -0.1) is 0 Å². The van der Waals surface area contributed by atoms with Crippen LogP contribution in [0.3, 0.4) is 0 Å². The molecule has 20 heavy (non-hydrogen) atoms. The van der Waals surface area contributed by atoms with E-state index in [4.69, 9.17) is 0 Å². The van der Waals surface area contributed by atoms with Gasteiger partial charge in [0.2, 0.25) is 0 Å². The zero-order valence-corrected chi connectivity index (χ0v) is 12.0. The lowest BCUT2D eigenvalue weighted by atomic mass is 10.0. The molecule has 0 saturated heterocycles. The van der Waals surface area contributed by atoms with Crippen molar-refractivity contribution in [3.8, 4) is 0 Å². The number of carbonyl (C=O) groups is 1. The van der Waals surface area contributed by atoms with E-state index in [0.717, 1.165) is 5.57 Å². The van der Waals surface area contributed by atoms with E-state index < -0.39 is 0 Å². The molecule has 2 rings (SSSR count). The molecule has 0 fully saturated rings. The van der Waals surface area contributed by atoms with Crippen molar-refractivity contribution in [2.24, 2.45) is 0 Å². The summed E-state index contributed by atoms with van der Waals surface area (Å²) in [5.74, 6) is -0.211. The van der Waals surface area contributed by atoms with Crippen LogP contribution in [0.5, 0.6) is 0 Å². The van der Waals surface area contributed by atoms with Gasteiger partial charge in [-0.1, -0.05) is 67.2 Å². The number of carbonyl (C=O) groups excluding carboxylic acids is 1. The Labute approximate surface area is 120 Å². The summed E-state index contributed by atoms with van der Waals surface area (Å²) < 4.78 is 4.40. The van der Waals surface area contributed by atoms with Crippen LogP contribution in [-0.4, -0.2) is 12.6 Å². The molecule has 104 valence electrons. The summed E-state index contributed by atoms with van der Waals surface area (Å²) in [5, 5.41) is 0. The first kappa shape index (κ1) is 15.7. The molecule has 0 unspecified atom stereocenters. The summed E-state index contributed by atoms with van der Waals surface area (Å²) >= 11 is 0. The highest BCUT2D eigenvalue weighted by Gasteiger charge is 1.99. The molecule has 0 amide bonds. The highest BCUT2D eigenvalue weighted by atomic mass is 16.5. The average molecular weight is 268 g/mol. The molecule has 0 aromatic heterocycles. The number of ether oxygens (including phenoxy) is 1. The monoisotopic (exact) mass is 268 g/mol. The van der Waals surface area contributed by atoms with Gasteiger partial charge in [0.05, 0.1) is 6.61 Å². The molecule has 2 aromatic rings. The fourth-order valence-electron chi connectivity index (χ4n) is 1.65. The Morgan fingerprint density at radius 3 is 1.60 bits per heavy atom. The quantitative estimate of drug-likeness (QED) is 0.775. The second-order valence-electron chi connectivity index (χ2n) is 4.14. The third-order valence-corrected chi connectivity index (χ3v) is 2.59. The maximum Gasteiger partial charge on any atom is 0.302 e. The Hall–Kier alpha value is -2.35. The van der Waals surface area contributed by atoms with Crippen molar-refractivity contribution in [2.75, 3.05) is 6.61 Å². The van der Waals surface area contributed by atoms with Crippen molar-refractivity contribution in [1.82, 2.24) is 0 Å². The van der Waals surface area contributed by atoms with Crippen LogP contribution >= 0.6 is 0 Å². The Morgan fingerprint density at radius 2 is 1.35 bits per heavy atom. The van der Waals surface area contributed by atoms with Crippen molar-refractivity contribution in [3.05, 3.63) is 78.4 Å². The molecule has 0 bridgehead atoms. The predicted octanol–water partition coefficient (Wildman–Crippen LogP) is 4.32. The minimum atomic E-state index is -0.211. The largest absolute Gasteiger partial charge is 0.466 e. The van der Waals surface area contributed by atoms with Crippen molar-refractivity contribution in [2.45, 2.75) is 13.8 Å². The van der Waals surface area contributed by atoms with Gasteiger partial charge >= 0.3 is 5.97 Å². The van der Waals surface area contributed by atoms with Crippen LogP contribution in [0, 0.1) is 0 Å². The van der Waals surface area contributed by atoms with Gasteiger partial charge < -0.3 is 4.74 Å². The van der Waals surface area contributed by atoms with E-state index in [1.54, 1.807) is 6.92 Å². The van der Waals surface area contributed by atoms with E-state index in [1.165, 1.54) is 18.1 Å². The Balaban J connectivity index is 0.000000286. The molecule has 2 nitrogen and oxygen atoms in total. The summed E-state index contributed by atoms with van der Waals surface area (Å²) in [7, 11) is 0. The fraction of sp³-hybridized carbons (Fsp3) is 0.167. The molecular weight excluding hydrogens is 248 g/mol. The Morgan fingerprint density at radius 1 is 0.950 bits per heavy atom. The standard InChI is InChI=1S/C14H12.C4H8O2/c1-12(13-8-4-2-5-9-13)14-10-6-3-7-11-14;1-3-6-4(2)5/h2-11H,1H2;3H2,1-2H3. The molecule has 2 aromatic carbocycles. The molecule has 0 heterocycles. The first-order valence-corrected chi connectivity index (χ1v) is 6.58. The minimum absolute atomic E-state index is 0.211. The van der Waals surface area contributed by atoms with Crippen LogP contribution in [0.15, 0.2) is 67.2 Å². The molecule has 0 spiro atoms. The smallest absolute Gasteiger partial charge is 0.302 e. The van der Waals surface area contributed by atoms with Crippen molar-refractivity contribution in [1.29, 1.82) is 0 Å². The van der Waals surface area contributed by atoms with Crippen LogP contribution in [-0.2, 0) is 9.53 Å². The molecule has 0 atom stereocenters. The second kappa shape index (κ2) is 8.70. The number of benzene rings is 2. The first-order chi connectivity index (χ1) is 9.65. The Kier molecular flexibility index (Phi) is 6.83. The number of rotatable bonds is 3. The van der Waals surface area contributed by atoms with Crippen LogP contribution < -0.4 is 0 Å². The lowest BCUT2D eigenvalue weighted by Crippen LogP contribution is -1.95. The summed E-state index contributed by atoms with van der Waals surface area (Å²) in [6, 6.07) is 20.5. The molecular formula is C18H20O2. The van der Waals surface area contributed by atoms with Gasteiger partial charge in [0.1, 0.15) is 0 Å². The van der Waals surface area contributed by atoms with Crippen LogP contribution in [0.2, 0.25) is 0 Å². The molecule has 0 aliphatic rings. The van der Waals surface area contributed by atoms with E-state index in [9.17, 15) is 4.79 Å². The van der Waals surface area contributed by atoms with Crippen LogP contribution in [0.1, 0.15) is 25.0 Å². The van der Waals surface area contributed by atoms with E-state index in [1.807, 2.05) is 36.4 Å². The zero-order valence-electron chi connectivity index (χ0n) is 12.0. The fourth-order valence-corrected chi connectivity index (χ4v) is 1.65. The maximum absolute atomic E-state index is 9.82. The molecule has 0 N–H and O–H groups in total. The van der Waals surface area contributed by atoms with Gasteiger partial charge in [-0.2, -0.15) is 0 Å². The number of esters is 1. The maximum atomic E-state index is 9.82. The van der Waals surface area contributed by atoms with Gasteiger partial charge in [-0.25, -0.2) is 0 Å². The van der Waals surface area contributed by atoms with E-state index in [-0.39, 0.29) is 5.97 Å². The molecule has 0 radical (unpaired) electrons. The molecule has 0 aliphatic heterocycles. The highest BCUT2D eigenvalue weighted by molar-refractivity contribution is 5.77. The lowest BCUT2D eigenvalue weighted by Gasteiger charge is -2.04. The van der Waals surface area contributed by atoms with Crippen molar-refractivity contribution < 1.29 is 9.53 Å². The normalized spacial score (nSPS) is 9.10. The zero-order chi connectivity index (χ0) is 14.8.